The fourth-order valence-corrected chi connectivity index (χ4v) is 2.60. The Labute approximate surface area is 137 Å². The molecule has 0 spiro atoms. The number of hydrogen-bond donors (Lipinski definition) is 1. The normalized spacial score (nSPS) is 13.4. The topological polar surface area (TPSA) is 29.5 Å². The van der Waals surface area contributed by atoms with E-state index in [-0.39, 0.29) is 0 Å². The molecule has 0 bridgehead atoms. The number of aliphatic hydroxyl groups is 1. The van der Waals surface area contributed by atoms with E-state index in [0.29, 0.717) is 6.61 Å². The maximum Gasteiger partial charge on any atom is 0.113 e. The number of hydrogen-bond acceptors (Lipinski definition) is 2. The molecule has 116 valence electrons. The zero-order valence-corrected chi connectivity index (χ0v) is 12.9. The highest BCUT2D eigenvalue weighted by molar-refractivity contribution is 5.25. The van der Waals surface area contributed by atoms with Crippen LogP contribution in [-0.2, 0) is 11.3 Å². The smallest absolute Gasteiger partial charge is 0.113 e. The molecule has 0 aliphatic rings. The molecule has 3 rings (SSSR count). The van der Waals surface area contributed by atoms with Gasteiger partial charge in [0, 0.05) is 0 Å². The van der Waals surface area contributed by atoms with E-state index in [0.717, 1.165) is 16.7 Å². The monoisotopic (exact) mass is 304 g/mol. The first-order valence-corrected chi connectivity index (χ1v) is 7.78. The van der Waals surface area contributed by atoms with Crippen LogP contribution in [0.2, 0.25) is 0 Å². The SMILES string of the molecule is O[C@H](c1ccccc1)[C@H](OCc1ccccc1)c1ccccc1. The minimum Gasteiger partial charge on any atom is -0.385 e. The summed E-state index contributed by atoms with van der Waals surface area (Å²) >= 11 is 0. The standard InChI is InChI=1S/C21H20O2/c22-20(18-12-6-2-7-13-18)21(19-14-8-3-9-15-19)23-16-17-10-4-1-5-11-17/h1-15,20-22H,16H2/t20-,21-/m1/s1. The molecule has 1 N–H and O–H groups in total. The summed E-state index contributed by atoms with van der Waals surface area (Å²) < 4.78 is 6.08. The summed E-state index contributed by atoms with van der Waals surface area (Å²) in [6.07, 6.45) is -1.11. The van der Waals surface area contributed by atoms with Gasteiger partial charge in [-0.15, -0.1) is 0 Å². The fraction of sp³-hybridized carbons (Fsp3) is 0.143. The molecule has 0 radical (unpaired) electrons. The van der Waals surface area contributed by atoms with E-state index in [9.17, 15) is 5.11 Å². The Hall–Kier alpha value is -2.42. The van der Waals surface area contributed by atoms with Gasteiger partial charge in [0.1, 0.15) is 12.2 Å². The second-order valence-electron chi connectivity index (χ2n) is 5.48. The van der Waals surface area contributed by atoms with E-state index in [4.69, 9.17) is 4.74 Å². The number of aliphatic hydroxyl groups excluding tert-OH is 1. The summed E-state index contributed by atoms with van der Waals surface area (Å²) in [5, 5.41) is 10.8. The van der Waals surface area contributed by atoms with Crippen LogP contribution >= 0.6 is 0 Å². The molecule has 0 saturated carbocycles. The maximum atomic E-state index is 10.8. The lowest BCUT2D eigenvalue weighted by Gasteiger charge is -2.24. The summed E-state index contributed by atoms with van der Waals surface area (Å²) in [6, 6.07) is 29.5. The van der Waals surface area contributed by atoms with Gasteiger partial charge in [0.15, 0.2) is 0 Å². The highest BCUT2D eigenvalue weighted by Gasteiger charge is 2.23. The lowest BCUT2D eigenvalue weighted by Crippen LogP contribution is -2.14. The first-order valence-electron chi connectivity index (χ1n) is 7.78. The molecule has 0 aromatic heterocycles. The van der Waals surface area contributed by atoms with Gasteiger partial charge >= 0.3 is 0 Å². The number of ether oxygens (including phenoxy) is 1. The minimum atomic E-state index is -0.706. The summed E-state index contributed by atoms with van der Waals surface area (Å²) in [4.78, 5) is 0. The van der Waals surface area contributed by atoms with E-state index < -0.39 is 12.2 Å². The van der Waals surface area contributed by atoms with Crippen molar-refractivity contribution in [1.82, 2.24) is 0 Å². The first kappa shape index (κ1) is 15.5. The van der Waals surface area contributed by atoms with Crippen LogP contribution in [0.4, 0.5) is 0 Å². The predicted octanol–water partition coefficient (Wildman–Crippen LogP) is 4.68. The Bertz CT molecular complexity index is 696. The largest absolute Gasteiger partial charge is 0.385 e. The van der Waals surface area contributed by atoms with Crippen molar-refractivity contribution in [3.05, 3.63) is 108 Å². The Morgan fingerprint density at radius 2 is 1.13 bits per heavy atom. The third-order valence-corrected chi connectivity index (χ3v) is 3.83. The van der Waals surface area contributed by atoms with Crippen LogP contribution in [0.25, 0.3) is 0 Å². The summed E-state index contributed by atoms with van der Waals surface area (Å²) in [5.41, 5.74) is 2.92. The lowest BCUT2D eigenvalue weighted by atomic mass is 9.98. The third kappa shape index (κ3) is 4.07. The fourth-order valence-electron chi connectivity index (χ4n) is 2.60. The van der Waals surface area contributed by atoms with E-state index in [1.165, 1.54) is 0 Å². The molecule has 2 heteroatoms. The molecule has 0 amide bonds. The van der Waals surface area contributed by atoms with Crippen molar-refractivity contribution < 1.29 is 9.84 Å². The molecule has 0 aliphatic heterocycles. The highest BCUT2D eigenvalue weighted by Crippen LogP contribution is 2.32. The van der Waals surface area contributed by atoms with Crippen molar-refractivity contribution in [1.29, 1.82) is 0 Å². The minimum absolute atomic E-state index is 0.404. The van der Waals surface area contributed by atoms with Crippen LogP contribution < -0.4 is 0 Å². The van der Waals surface area contributed by atoms with Gasteiger partial charge in [-0.25, -0.2) is 0 Å². The molecule has 2 atom stereocenters. The predicted molar refractivity (Wildman–Crippen MR) is 91.8 cm³/mol. The molecule has 0 heterocycles. The number of rotatable bonds is 6. The zero-order valence-electron chi connectivity index (χ0n) is 12.9. The molecule has 23 heavy (non-hydrogen) atoms. The summed E-state index contributed by atoms with van der Waals surface area (Å²) in [5.74, 6) is 0. The summed E-state index contributed by atoms with van der Waals surface area (Å²) in [6.45, 7) is 0.463. The molecule has 0 aliphatic carbocycles. The van der Waals surface area contributed by atoms with Crippen LogP contribution in [0.15, 0.2) is 91.0 Å². The molecule has 0 unspecified atom stereocenters. The van der Waals surface area contributed by atoms with Crippen LogP contribution in [0.1, 0.15) is 28.9 Å². The molecule has 3 aromatic carbocycles. The highest BCUT2D eigenvalue weighted by atomic mass is 16.5. The molecule has 2 nitrogen and oxygen atoms in total. The molecular formula is C21H20O2. The van der Waals surface area contributed by atoms with Gasteiger partial charge < -0.3 is 9.84 Å². The maximum absolute atomic E-state index is 10.8. The van der Waals surface area contributed by atoms with Gasteiger partial charge in [-0.2, -0.15) is 0 Å². The number of benzene rings is 3. The van der Waals surface area contributed by atoms with Crippen molar-refractivity contribution in [2.24, 2.45) is 0 Å². The average Bonchev–Trinajstić information content (AvgIpc) is 2.64. The van der Waals surface area contributed by atoms with Gasteiger partial charge in [-0.3, -0.25) is 0 Å². The average molecular weight is 304 g/mol. The summed E-state index contributed by atoms with van der Waals surface area (Å²) in [7, 11) is 0. The van der Waals surface area contributed by atoms with Gasteiger partial charge in [0.05, 0.1) is 6.61 Å². The van der Waals surface area contributed by atoms with Crippen molar-refractivity contribution in [2.75, 3.05) is 0 Å². The molecule has 0 saturated heterocycles. The Morgan fingerprint density at radius 3 is 1.70 bits per heavy atom. The van der Waals surface area contributed by atoms with Crippen LogP contribution in [-0.4, -0.2) is 5.11 Å². The van der Waals surface area contributed by atoms with Gasteiger partial charge in [0.25, 0.3) is 0 Å². The van der Waals surface area contributed by atoms with Crippen molar-refractivity contribution in [2.45, 2.75) is 18.8 Å². The van der Waals surface area contributed by atoms with Gasteiger partial charge in [-0.05, 0) is 16.7 Å². The molecular weight excluding hydrogens is 284 g/mol. The van der Waals surface area contributed by atoms with Crippen molar-refractivity contribution in [3.8, 4) is 0 Å². The Balaban J connectivity index is 1.82. The lowest BCUT2D eigenvalue weighted by molar-refractivity contribution is -0.0497. The van der Waals surface area contributed by atoms with Crippen LogP contribution in [0.3, 0.4) is 0 Å². The Morgan fingerprint density at radius 1 is 0.652 bits per heavy atom. The second kappa shape index (κ2) is 7.73. The van der Waals surface area contributed by atoms with E-state index >= 15 is 0 Å². The van der Waals surface area contributed by atoms with Crippen LogP contribution in [0.5, 0.6) is 0 Å². The quantitative estimate of drug-likeness (QED) is 0.716. The van der Waals surface area contributed by atoms with E-state index in [1.54, 1.807) is 0 Å². The zero-order chi connectivity index (χ0) is 15.9. The Kier molecular flexibility index (Phi) is 5.20. The third-order valence-electron chi connectivity index (χ3n) is 3.83. The molecule has 0 fully saturated rings. The van der Waals surface area contributed by atoms with E-state index in [2.05, 4.69) is 0 Å². The van der Waals surface area contributed by atoms with Crippen molar-refractivity contribution in [3.63, 3.8) is 0 Å². The second-order valence-corrected chi connectivity index (χ2v) is 5.48. The van der Waals surface area contributed by atoms with Gasteiger partial charge in [0.2, 0.25) is 0 Å². The van der Waals surface area contributed by atoms with Crippen molar-refractivity contribution >= 4 is 0 Å². The first-order chi connectivity index (χ1) is 11.3. The van der Waals surface area contributed by atoms with Gasteiger partial charge in [-0.1, -0.05) is 91.0 Å². The molecule has 3 aromatic rings. The van der Waals surface area contributed by atoms with Crippen LogP contribution in [0, 0.1) is 0 Å². The van der Waals surface area contributed by atoms with E-state index in [1.807, 2.05) is 91.0 Å².